The zero-order valence-corrected chi connectivity index (χ0v) is 76.6. The summed E-state index contributed by atoms with van der Waals surface area (Å²) < 4.78 is 0. The van der Waals surface area contributed by atoms with Gasteiger partial charge in [-0.05, 0) is 361 Å². The van der Waals surface area contributed by atoms with Crippen LogP contribution in [0.15, 0.2) is 335 Å². The molecule has 0 amide bonds. The molecule has 0 aromatic heterocycles. The molecule has 0 radical (unpaired) electrons. The second kappa shape index (κ2) is 43.8. The maximum Gasteiger partial charge on any atom is 0.0472 e. The van der Waals surface area contributed by atoms with Gasteiger partial charge in [0.15, 0.2) is 0 Å². The van der Waals surface area contributed by atoms with Crippen LogP contribution in [0.4, 0.5) is 68.2 Å². The van der Waals surface area contributed by atoms with E-state index in [0.717, 1.165) is 142 Å². The highest BCUT2D eigenvalue weighted by Crippen LogP contribution is 2.43. The van der Waals surface area contributed by atoms with Crippen molar-refractivity contribution in [1.82, 2.24) is 0 Å². The van der Waals surface area contributed by atoms with Gasteiger partial charge in [-0.25, -0.2) is 0 Å². The van der Waals surface area contributed by atoms with Gasteiger partial charge >= 0.3 is 0 Å². The van der Waals surface area contributed by atoms with Crippen molar-refractivity contribution in [3.63, 3.8) is 0 Å². The van der Waals surface area contributed by atoms with Gasteiger partial charge < -0.3 is 19.6 Å². The Morgan fingerprint density at radius 2 is 0.395 bits per heavy atom. The van der Waals surface area contributed by atoms with Crippen LogP contribution in [0.5, 0.6) is 0 Å². The summed E-state index contributed by atoms with van der Waals surface area (Å²) in [6, 6.07) is 119. The van der Waals surface area contributed by atoms with E-state index in [4.69, 9.17) is 0 Å². The number of rotatable bonds is 36. The fraction of sp³-hybridized carbons (Fsp3) is 0.207. The summed E-state index contributed by atoms with van der Waals surface area (Å²) in [4.78, 5) is 14.5. The largest absolute Gasteiger partial charge is 0.310 e. The zero-order chi connectivity index (χ0) is 85.4. The highest BCUT2D eigenvalue weighted by Gasteiger charge is 2.21. The lowest BCUT2D eigenvalue weighted by atomic mass is 9.86. The number of anilines is 12. The SMILES string of the molecule is CCCCc1ccc(N(c2ccc(C=Cc3cc4c(C=Cc5ccc(N(c6ccc(CCCC)cc6)c6cccc(SC)c6)cc5)cc3CCc3cc(C=Cc5ccc(N(c6ccc(CCCC)cc6)c6cccc(SC)c6)cc5)c(cc3C=Cc3ccc(N(c5ccc(CCCC)cc5)c5cccc(SC)c5)cc3)CC4)cc2)c2cccc(SC)c2)cc1. The summed E-state index contributed by atoms with van der Waals surface area (Å²) in [6.07, 6.45) is 44.6. The van der Waals surface area contributed by atoms with Gasteiger partial charge in [-0.1, -0.05) is 248 Å². The first kappa shape index (κ1) is 87.5. The molecule has 0 atom stereocenters. The first-order valence-electron chi connectivity index (χ1n) is 44.6. The molecule has 0 fully saturated rings. The van der Waals surface area contributed by atoms with Crippen molar-refractivity contribution in [2.45, 2.75) is 150 Å². The van der Waals surface area contributed by atoms with E-state index in [-0.39, 0.29) is 0 Å². The van der Waals surface area contributed by atoms with Crippen LogP contribution in [0.1, 0.15) is 168 Å². The lowest BCUT2D eigenvalue weighted by molar-refractivity contribution is 0.795. The molecule has 0 N–H and O–H groups in total. The maximum absolute atomic E-state index is 2.52. The van der Waals surface area contributed by atoms with Crippen LogP contribution in [-0.4, -0.2) is 25.0 Å². The lowest BCUT2D eigenvalue weighted by Gasteiger charge is -2.26. The monoisotopic (exact) mass is 1690 g/mol. The highest BCUT2D eigenvalue weighted by atomic mass is 32.2. The summed E-state index contributed by atoms with van der Waals surface area (Å²) in [7, 11) is 0. The standard InChI is InChI=1S/C116H116N4S4/c1-9-13-21-85-37-61-101(62-38-85)117(109-25-17-29-113(81-109)121-5)105-69-45-89(46-70-105)33-53-93-77-98-59-60-100-80-95(55-35-91-49-73-107(74-50-91)119(111-27-19-31-115(83-111)123-7)103-65-41-87(42-66-103)23-15-11-3)99(79-96(100)56-36-92-51-75-108(76-52-92)120(112-28-20-32-116(84-112)124-8)104-67-43-88(44-68-104)24-16-12-4)58-57-97(93)78-94(98)54-34-90-47-71-106(72-48-90)118(110-26-18-30-114(82-110)122-6)102-63-39-86(40-64-102)22-14-10-2/h17-20,25-56,61-84H,9-16,21-24,57-60H2,1-8H3. The Balaban J connectivity index is 0.805. The van der Waals surface area contributed by atoms with Gasteiger partial charge in [0.1, 0.15) is 0 Å². The molecule has 18 rings (SSSR count). The van der Waals surface area contributed by atoms with Crippen LogP contribution < -0.4 is 19.6 Å². The van der Waals surface area contributed by atoms with Crippen molar-refractivity contribution in [3.05, 3.63) is 404 Å². The third-order valence-corrected chi connectivity index (χ3v) is 26.8. The molecule has 0 unspecified atom stereocenters. The predicted molar refractivity (Wildman–Crippen MR) is 549 cm³/mol. The van der Waals surface area contributed by atoms with E-state index in [1.165, 1.54) is 138 Å². The van der Waals surface area contributed by atoms with E-state index >= 15 is 0 Å². The van der Waals surface area contributed by atoms with Crippen molar-refractivity contribution in [2.75, 3.05) is 44.6 Å². The van der Waals surface area contributed by atoms with Gasteiger partial charge in [0.05, 0.1) is 0 Å². The second-order valence-electron chi connectivity index (χ2n) is 32.4. The van der Waals surface area contributed by atoms with Crippen molar-refractivity contribution >= 4 is 164 Å². The minimum atomic E-state index is 0.827. The third kappa shape index (κ3) is 22.6. The van der Waals surface area contributed by atoms with E-state index < -0.39 is 0 Å². The van der Waals surface area contributed by atoms with Crippen LogP contribution in [-0.2, 0) is 51.4 Å². The number of benzene rings is 14. The summed E-state index contributed by atoms with van der Waals surface area (Å²) in [5, 5.41) is 0. The topological polar surface area (TPSA) is 13.0 Å². The number of hydrogen-bond donors (Lipinski definition) is 0. The molecule has 4 bridgehead atoms. The molecular formula is C116H116N4S4. The van der Waals surface area contributed by atoms with Crippen LogP contribution in [0.3, 0.4) is 0 Å². The Labute approximate surface area is 757 Å². The number of thioether (sulfide) groups is 4. The first-order chi connectivity index (χ1) is 61.0. The molecule has 4 nitrogen and oxygen atoms in total. The first-order valence-corrected chi connectivity index (χ1v) is 49.5. The minimum absolute atomic E-state index is 0.827. The fourth-order valence-electron chi connectivity index (χ4n) is 16.7. The molecule has 624 valence electrons. The average molecular weight is 1690 g/mol. The van der Waals surface area contributed by atoms with E-state index in [2.05, 4.69) is 436 Å². The van der Waals surface area contributed by atoms with Gasteiger partial charge in [-0.15, -0.1) is 47.0 Å². The van der Waals surface area contributed by atoms with Crippen molar-refractivity contribution in [2.24, 2.45) is 0 Å². The molecule has 14 aromatic carbocycles. The van der Waals surface area contributed by atoms with Crippen molar-refractivity contribution < 1.29 is 0 Å². The molecule has 0 aliphatic heterocycles. The van der Waals surface area contributed by atoms with Gasteiger partial charge in [0, 0.05) is 87.8 Å². The van der Waals surface area contributed by atoms with Crippen LogP contribution >= 0.6 is 47.0 Å². The van der Waals surface area contributed by atoms with Crippen LogP contribution in [0.25, 0.3) is 48.6 Å². The summed E-state index contributed by atoms with van der Waals surface area (Å²) in [6.45, 7) is 9.07. The molecule has 0 saturated heterocycles. The lowest BCUT2D eigenvalue weighted by Crippen LogP contribution is -2.10. The number of unbranched alkanes of at least 4 members (excludes halogenated alkanes) is 4. The number of aryl methyl sites for hydroxylation is 8. The molecule has 0 heterocycles. The quantitative estimate of drug-likeness (QED) is 0.0281. The van der Waals surface area contributed by atoms with E-state index in [0.29, 0.717) is 0 Å². The van der Waals surface area contributed by atoms with Gasteiger partial charge in [0.2, 0.25) is 0 Å². The number of nitrogens with zero attached hydrogens (tertiary/aromatic N) is 4. The smallest absolute Gasteiger partial charge is 0.0472 e. The molecule has 4 aliphatic rings. The van der Waals surface area contributed by atoms with Crippen LogP contribution in [0.2, 0.25) is 0 Å². The van der Waals surface area contributed by atoms with Gasteiger partial charge in [-0.3, -0.25) is 0 Å². The van der Waals surface area contributed by atoms with Crippen molar-refractivity contribution in [3.8, 4) is 0 Å². The summed E-state index contributed by atoms with van der Waals surface area (Å²) in [5.74, 6) is 0. The van der Waals surface area contributed by atoms with E-state index in [9.17, 15) is 0 Å². The Bertz CT molecular complexity index is 5210. The minimum Gasteiger partial charge on any atom is -0.310 e. The maximum atomic E-state index is 2.52. The van der Waals surface area contributed by atoms with Gasteiger partial charge in [-0.2, -0.15) is 0 Å². The summed E-state index contributed by atoms with van der Waals surface area (Å²) >= 11 is 7.12. The Morgan fingerprint density at radius 1 is 0.210 bits per heavy atom. The molecule has 124 heavy (non-hydrogen) atoms. The normalized spacial score (nSPS) is 12.1. The Kier molecular flexibility index (Phi) is 30.9. The molecule has 14 aromatic rings. The summed E-state index contributed by atoms with van der Waals surface area (Å²) in [5.41, 5.74) is 34.1. The molecular weight excluding hydrogens is 1580 g/mol. The molecule has 0 saturated carbocycles. The highest BCUT2D eigenvalue weighted by molar-refractivity contribution is 7.99. The molecule has 0 spiro atoms. The fourth-order valence-corrected chi connectivity index (χ4v) is 18.5. The zero-order valence-electron chi connectivity index (χ0n) is 73.4. The predicted octanol–water partition coefficient (Wildman–Crippen LogP) is 34.4. The molecule has 4 aliphatic carbocycles. The van der Waals surface area contributed by atoms with Crippen molar-refractivity contribution in [1.29, 1.82) is 0 Å². The Hall–Kier alpha value is -11.4. The third-order valence-electron chi connectivity index (χ3n) is 23.9. The second-order valence-corrected chi connectivity index (χ2v) is 35.9. The Morgan fingerprint density at radius 3 is 0.573 bits per heavy atom. The number of hydrogen-bond acceptors (Lipinski definition) is 8. The van der Waals surface area contributed by atoms with E-state index in [1.54, 1.807) is 47.0 Å². The average Bonchev–Trinajstić information content (AvgIpc) is 0.790. The van der Waals surface area contributed by atoms with Gasteiger partial charge in [0.25, 0.3) is 0 Å². The van der Waals surface area contributed by atoms with Crippen LogP contribution in [0, 0.1) is 0 Å². The molecule has 8 heteroatoms. The van der Waals surface area contributed by atoms with E-state index in [1.807, 2.05) is 0 Å².